The fraction of sp³-hybridized carbons (Fsp3) is 0. The number of nitrogen functional groups attached to an aromatic ring is 2. The van der Waals surface area contributed by atoms with Crippen LogP contribution in [0, 0.1) is 0 Å². The van der Waals surface area contributed by atoms with Gasteiger partial charge in [-0.1, -0.05) is 12.1 Å². The molecule has 0 spiro atoms. The Morgan fingerprint density at radius 3 is 2.82 bits per heavy atom. The number of hydrogen-bond acceptors (Lipinski definition) is 5. The number of anilines is 2. The summed E-state index contributed by atoms with van der Waals surface area (Å²) in [6.07, 6.45) is 1.60. The van der Waals surface area contributed by atoms with Crippen molar-refractivity contribution in [2.45, 2.75) is 0 Å². The van der Waals surface area contributed by atoms with E-state index in [9.17, 15) is 0 Å². The smallest absolute Gasteiger partial charge is 0.164 e. The Morgan fingerprint density at radius 1 is 1.12 bits per heavy atom. The number of rotatable bonds is 1. The molecule has 0 fully saturated rings. The molecule has 0 amide bonds. The largest absolute Gasteiger partial charge is 0.399 e. The van der Waals surface area contributed by atoms with Crippen molar-refractivity contribution in [3.05, 3.63) is 30.5 Å². The van der Waals surface area contributed by atoms with Gasteiger partial charge in [-0.2, -0.15) is 5.10 Å². The van der Waals surface area contributed by atoms with Crippen LogP contribution in [0.3, 0.4) is 0 Å². The van der Waals surface area contributed by atoms with E-state index in [2.05, 4.69) is 20.2 Å². The SMILES string of the molecule is Nc1cccc(-c2nc(N)c3cn[nH]c3n2)c1. The summed E-state index contributed by atoms with van der Waals surface area (Å²) in [6, 6.07) is 7.34. The molecular formula is C11H10N6. The lowest BCUT2D eigenvalue weighted by Crippen LogP contribution is -1.97. The molecule has 6 nitrogen and oxygen atoms in total. The Kier molecular flexibility index (Phi) is 1.94. The van der Waals surface area contributed by atoms with Crippen LogP contribution in [0.25, 0.3) is 22.4 Å². The van der Waals surface area contributed by atoms with Crippen molar-refractivity contribution in [2.24, 2.45) is 0 Å². The van der Waals surface area contributed by atoms with Gasteiger partial charge >= 0.3 is 0 Å². The molecule has 0 atom stereocenters. The van der Waals surface area contributed by atoms with Crippen molar-refractivity contribution in [1.82, 2.24) is 20.2 Å². The highest BCUT2D eigenvalue weighted by molar-refractivity contribution is 5.86. The highest BCUT2D eigenvalue weighted by Crippen LogP contribution is 2.22. The zero-order valence-corrected chi connectivity index (χ0v) is 8.88. The number of H-pyrrole nitrogens is 1. The first-order chi connectivity index (χ1) is 8.24. The molecule has 5 N–H and O–H groups in total. The van der Waals surface area contributed by atoms with Crippen LogP contribution in [-0.4, -0.2) is 20.2 Å². The first-order valence-corrected chi connectivity index (χ1v) is 5.06. The Balaban J connectivity index is 2.23. The number of hydrogen-bond donors (Lipinski definition) is 3. The standard InChI is InChI=1S/C11H10N6/c12-7-3-1-2-6(4-7)10-15-9(13)8-5-14-17-11(8)16-10/h1-5H,12H2,(H3,13,14,15,16,17). The summed E-state index contributed by atoms with van der Waals surface area (Å²) < 4.78 is 0. The van der Waals surface area contributed by atoms with Crippen LogP contribution >= 0.6 is 0 Å². The van der Waals surface area contributed by atoms with Gasteiger partial charge in [-0.3, -0.25) is 5.10 Å². The summed E-state index contributed by atoms with van der Waals surface area (Å²) in [5.41, 5.74) is 13.7. The molecule has 84 valence electrons. The molecule has 17 heavy (non-hydrogen) atoms. The molecule has 3 rings (SSSR count). The van der Waals surface area contributed by atoms with Crippen molar-refractivity contribution < 1.29 is 0 Å². The summed E-state index contributed by atoms with van der Waals surface area (Å²) in [4.78, 5) is 8.58. The van der Waals surface area contributed by atoms with Gasteiger partial charge in [-0.25, -0.2) is 9.97 Å². The van der Waals surface area contributed by atoms with Gasteiger partial charge in [0, 0.05) is 11.3 Å². The molecule has 3 aromatic rings. The summed E-state index contributed by atoms with van der Waals surface area (Å²) >= 11 is 0. The molecule has 0 aliphatic heterocycles. The Bertz CT molecular complexity index is 687. The third-order valence-electron chi connectivity index (χ3n) is 2.48. The van der Waals surface area contributed by atoms with E-state index in [1.165, 1.54) is 0 Å². The fourth-order valence-electron chi connectivity index (χ4n) is 1.66. The number of nitrogens with two attached hydrogens (primary N) is 2. The summed E-state index contributed by atoms with van der Waals surface area (Å²) in [5, 5.41) is 7.38. The fourth-order valence-corrected chi connectivity index (χ4v) is 1.66. The van der Waals surface area contributed by atoms with E-state index < -0.39 is 0 Å². The second-order valence-corrected chi connectivity index (χ2v) is 3.69. The molecule has 0 saturated heterocycles. The quantitative estimate of drug-likeness (QED) is 0.540. The first kappa shape index (κ1) is 9.59. The summed E-state index contributed by atoms with van der Waals surface area (Å²) in [7, 11) is 0. The van der Waals surface area contributed by atoms with Crippen LogP contribution in [0.4, 0.5) is 11.5 Å². The lowest BCUT2D eigenvalue weighted by atomic mass is 10.2. The lowest BCUT2D eigenvalue weighted by molar-refractivity contribution is 1.09. The van der Waals surface area contributed by atoms with Gasteiger partial charge in [0.1, 0.15) is 5.82 Å². The topological polar surface area (TPSA) is 106 Å². The van der Waals surface area contributed by atoms with Crippen LogP contribution in [0.5, 0.6) is 0 Å². The molecule has 2 aromatic heterocycles. The van der Waals surface area contributed by atoms with E-state index in [0.717, 1.165) is 10.9 Å². The lowest BCUT2D eigenvalue weighted by Gasteiger charge is -2.02. The van der Waals surface area contributed by atoms with Crippen LogP contribution in [0.2, 0.25) is 0 Å². The number of benzene rings is 1. The molecule has 2 heterocycles. The average molecular weight is 226 g/mol. The number of aromatic amines is 1. The van der Waals surface area contributed by atoms with Gasteiger partial charge in [0.25, 0.3) is 0 Å². The van der Waals surface area contributed by atoms with Crippen LogP contribution in [-0.2, 0) is 0 Å². The van der Waals surface area contributed by atoms with Gasteiger partial charge in [-0.15, -0.1) is 0 Å². The number of nitrogens with zero attached hydrogens (tertiary/aromatic N) is 3. The van der Waals surface area contributed by atoms with Crippen LogP contribution < -0.4 is 11.5 Å². The van der Waals surface area contributed by atoms with Crippen LogP contribution in [0.1, 0.15) is 0 Å². The number of aromatic nitrogens is 4. The first-order valence-electron chi connectivity index (χ1n) is 5.06. The third kappa shape index (κ3) is 1.55. The van der Waals surface area contributed by atoms with Crippen molar-refractivity contribution in [1.29, 1.82) is 0 Å². The maximum absolute atomic E-state index is 5.83. The van der Waals surface area contributed by atoms with Crippen LogP contribution in [0.15, 0.2) is 30.5 Å². The second-order valence-electron chi connectivity index (χ2n) is 3.69. The molecule has 0 radical (unpaired) electrons. The third-order valence-corrected chi connectivity index (χ3v) is 2.48. The Hall–Kier alpha value is -2.63. The van der Waals surface area contributed by atoms with Gasteiger partial charge in [0.05, 0.1) is 11.6 Å². The van der Waals surface area contributed by atoms with Crippen molar-refractivity contribution in [3.8, 4) is 11.4 Å². The Morgan fingerprint density at radius 2 is 2.00 bits per heavy atom. The van der Waals surface area contributed by atoms with Gasteiger partial charge < -0.3 is 11.5 Å². The maximum Gasteiger partial charge on any atom is 0.164 e. The highest BCUT2D eigenvalue weighted by atomic mass is 15.2. The molecule has 1 aromatic carbocycles. The average Bonchev–Trinajstić information content (AvgIpc) is 2.77. The van der Waals surface area contributed by atoms with E-state index in [4.69, 9.17) is 11.5 Å². The monoisotopic (exact) mass is 226 g/mol. The molecular weight excluding hydrogens is 216 g/mol. The van der Waals surface area contributed by atoms with E-state index in [1.54, 1.807) is 12.3 Å². The summed E-state index contributed by atoms with van der Waals surface area (Å²) in [5.74, 6) is 0.938. The normalized spacial score (nSPS) is 10.8. The van der Waals surface area contributed by atoms with E-state index in [1.807, 2.05) is 18.2 Å². The van der Waals surface area contributed by atoms with E-state index >= 15 is 0 Å². The highest BCUT2D eigenvalue weighted by Gasteiger charge is 2.08. The zero-order valence-electron chi connectivity index (χ0n) is 8.88. The van der Waals surface area contributed by atoms with E-state index in [-0.39, 0.29) is 0 Å². The van der Waals surface area contributed by atoms with E-state index in [0.29, 0.717) is 23.0 Å². The second kappa shape index (κ2) is 3.44. The molecule has 6 heteroatoms. The van der Waals surface area contributed by atoms with Crippen molar-refractivity contribution >= 4 is 22.5 Å². The minimum absolute atomic E-state index is 0.404. The van der Waals surface area contributed by atoms with Crippen molar-refractivity contribution in [2.75, 3.05) is 11.5 Å². The summed E-state index contributed by atoms with van der Waals surface area (Å²) in [6.45, 7) is 0. The molecule has 0 bridgehead atoms. The number of nitrogens with one attached hydrogen (secondary N) is 1. The molecule has 0 aliphatic carbocycles. The van der Waals surface area contributed by atoms with Gasteiger partial charge in [-0.05, 0) is 12.1 Å². The van der Waals surface area contributed by atoms with Gasteiger partial charge in [0.2, 0.25) is 0 Å². The van der Waals surface area contributed by atoms with Gasteiger partial charge in [0.15, 0.2) is 11.5 Å². The minimum atomic E-state index is 0.404. The predicted molar refractivity (Wildman–Crippen MR) is 65.9 cm³/mol. The van der Waals surface area contributed by atoms with Crippen molar-refractivity contribution in [3.63, 3.8) is 0 Å². The molecule has 0 aliphatic rings. The zero-order chi connectivity index (χ0) is 11.8. The minimum Gasteiger partial charge on any atom is -0.399 e. The number of fused-ring (bicyclic) bond motifs is 1. The predicted octanol–water partition coefficient (Wildman–Crippen LogP) is 1.18. The maximum atomic E-state index is 5.83. The Labute approximate surface area is 96.7 Å². The molecule has 0 saturated carbocycles. The molecule has 0 unspecified atom stereocenters.